The van der Waals surface area contributed by atoms with Crippen molar-refractivity contribution in [2.24, 2.45) is 0 Å². The van der Waals surface area contributed by atoms with Crippen molar-refractivity contribution in [2.75, 3.05) is 17.2 Å². The van der Waals surface area contributed by atoms with E-state index in [0.717, 1.165) is 0 Å². The second kappa shape index (κ2) is 6.97. The van der Waals surface area contributed by atoms with Crippen LogP contribution in [0.15, 0.2) is 30.6 Å². The molecule has 0 aliphatic rings. The highest BCUT2D eigenvalue weighted by molar-refractivity contribution is 6.43. The summed E-state index contributed by atoms with van der Waals surface area (Å²) in [6.07, 6.45) is 1.20. The molecule has 0 unspecified atom stereocenters. The summed E-state index contributed by atoms with van der Waals surface area (Å²) in [5.41, 5.74) is 0.719. The van der Waals surface area contributed by atoms with Gasteiger partial charge in [0.05, 0.1) is 12.2 Å². The first-order valence-electron chi connectivity index (χ1n) is 6.35. The molecule has 0 saturated heterocycles. The molecule has 0 aliphatic heterocycles. The van der Waals surface area contributed by atoms with Gasteiger partial charge in [-0.1, -0.05) is 0 Å². The minimum Gasteiger partial charge on any atom is -0.462 e. The number of aromatic nitrogens is 3. The van der Waals surface area contributed by atoms with E-state index in [-0.39, 0.29) is 12.6 Å². The number of H-pyrrole nitrogens is 1. The second-order valence-electron chi connectivity index (χ2n) is 4.04. The van der Waals surface area contributed by atoms with Gasteiger partial charge in [0, 0.05) is 5.69 Å². The van der Waals surface area contributed by atoms with Crippen LogP contribution >= 0.6 is 0 Å². The largest absolute Gasteiger partial charge is 0.462 e. The Labute approximate surface area is 125 Å². The lowest BCUT2D eigenvalue weighted by Crippen LogP contribution is -2.29. The lowest BCUT2D eigenvalue weighted by molar-refractivity contribution is -0.133. The van der Waals surface area contributed by atoms with E-state index in [9.17, 15) is 14.4 Å². The molecule has 3 N–H and O–H groups in total. The summed E-state index contributed by atoms with van der Waals surface area (Å²) in [4.78, 5) is 38.4. The summed E-state index contributed by atoms with van der Waals surface area (Å²) >= 11 is 0. The number of amides is 2. The molecule has 22 heavy (non-hydrogen) atoms. The average Bonchev–Trinajstić information content (AvgIpc) is 3.01. The lowest BCUT2D eigenvalue weighted by atomic mass is 10.2. The van der Waals surface area contributed by atoms with Crippen molar-refractivity contribution in [3.8, 4) is 0 Å². The monoisotopic (exact) mass is 303 g/mol. The van der Waals surface area contributed by atoms with E-state index in [2.05, 4.69) is 25.8 Å². The quantitative estimate of drug-likeness (QED) is 0.559. The lowest BCUT2D eigenvalue weighted by Gasteiger charge is -2.06. The summed E-state index contributed by atoms with van der Waals surface area (Å²) in [7, 11) is 0. The molecule has 0 atom stereocenters. The molecular weight excluding hydrogens is 290 g/mol. The summed E-state index contributed by atoms with van der Waals surface area (Å²) in [6.45, 7) is 1.98. The zero-order chi connectivity index (χ0) is 15.9. The number of anilines is 2. The van der Waals surface area contributed by atoms with Gasteiger partial charge in [-0.3, -0.25) is 14.9 Å². The van der Waals surface area contributed by atoms with E-state index in [1.54, 1.807) is 6.92 Å². The molecule has 1 heterocycles. The third-order valence-electron chi connectivity index (χ3n) is 2.51. The zero-order valence-corrected chi connectivity index (χ0v) is 11.6. The molecule has 1 aromatic carbocycles. The highest BCUT2D eigenvalue weighted by atomic mass is 16.5. The molecule has 0 aliphatic carbocycles. The Hall–Kier alpha value is -3.23. The van der Waals surface area contributed by atoms with Gasteiger partial charge in [0.1, 0.15) is 6.33 Å². The number of nitrogens with one attached hydrogen (secondary N) is 3. The number of hydrogen-bond acceptors (Lipinski definition) is 6. The van der Waals surface area contributed by atoms with Gasteiger partial charge in [0.25, 0.3) is 0 Å². The normalized spacial score (nSPS) is 9.86. The molecule has 0 radical (unpaired) electrons. The van der Waals surface area contributed by atoms with E-state index in [0.29, 0.717) is 11.3 Å². The molecule has 114 valence electrons. The van der Waals surface area contributed by atoms with E-state index in [1.165, 1.54) is 30.6 Å². The van der Waals surface area contributed by atoms with E-state index < -0.39 is 17.8 Å². The number of carbonyl (C=O) groups excluding carboxylic acids is 3. The van der Waals surface area contributed by atoms with Gasteiger partial charge in [-0.05, 0) is 31.2 Å². The number of nitrogens with zero attached hydrogens (tertiary/aromatic N) is 2. The number of esters is 1. The number of benzene rings is 1. The fraction of sp³-hybridized carbons (Fsp3) is 0.154. The maximum absolute atomic E-state index is 11.7. The van der Waals surface area contributed by atoms with Crippen molar-refractivity contribution in [2.45, 2.75) is 6.92 Å². The Balaban J connectivity index is 1.94. The Morgan fingerprint density at radius 2 is 1.82 bits per heavy atom. The van der Waals surface area contributed by atoms with Crippen LogP contribution in [0.5, 0.6) is 0 Å². The SMILES string of the molecule is CCOC(=O)c1ccc(NC(=O)C(=O)Nc2ncn[nH]2)cc1. The van der Waals surface area contributed by atoms with Crippen LogP contribution in [0.1, 0.15) is 17.3 Å². The second-order valence-corrected chi connectivity index (χ2v) is 4.04. The van der Waals surface area contributed by atoms with Crippen molar-refractivity contribution < 1.29 is 19.1 Å². The Bertz CT molecular complexity index is 666. The molecule has 9 nitrogen and oxygen atoms in total. The van der Waals surface area contributed by atoms with Crippen molar-refractivity contribution in [3.05, 3.63) is 36.2 Å². The molecule has 9 heteroatoms. The summed E-state index contributed by atoms with van der Waals surface area (Å²) in [5, 5.41) is 10.5. The number of carbonyl (C=O) groups is 3. The van der Waals surface area contributed by atoms with Crippen LogP contribution in [0.2, 0.25) is 0 Å². The van der Waals surface area contributed by atoms with Crippen molar-refractivity contribution in [3.63, 3.8) is 0 Å². The highest BCUT2D eigenvalue weighted by Gasteiger charge is 2.15. The Kier molecular flexibility index (Phi) is 4.81. The van der Waals surface area contributed by atoms with Crippen LogP contribution in [0, 0.1) is 0 Å². The van der Waals surface area contributed by atoms with Crippen LogP contribution in [-0.2, 0) is 14.3 Å². The minimum absolute atomic E-state index is 0.0674. The smallest absolute Gasteiger partial charge is 0.338 e. The fourth-order valence-electron chi connectivity index (χ4n) is 1.52. The van der Waals surface area contributed by atoms with Gasteiger partial charge in [0.15, 0.2) is 0 Å². The van der Waals surface area contributed by atoms with Crippen molar-refractivity contribution in [1.29, 1.82) is 0 Å². The fourth-order valence-corrected chi connectivity index (χ4v) is 1.52. The van der Waals surface area contributed by atoms with E-state index in [1.807, 2.05) is 0 Å². The minimum atomic E-state index is -0.897. The molecule has 0 fully saturated rings. The number of rotatable bonds is 4. The first-order chi connectivity index (χ1) is 10.6. The van der Waals surface area contributed by atoms with Gasteiger partial charge < -0.3 is 10.1 Å². The van der Waals surface area contributed by atoms with Gasteiger partial charge >= 0.3 is 17.8 Å². The third kappa shape index (κ3) is 3.88. The van der Waals surface area contributed by atoms with E-state index >= 15 is 0 Å². The Morgan fingerprint density at radius 3 is 2.41 bits per heavy atom. The van der Waals surface area contributed by atoms with Gasteiger partial charge in [-0.2, -0.15) is 10.1 Å². The first kappa shape index (κ1) is 15.2. The van der Waals surface area contributed by atoms with E-state index in [4.69, 9.17) is 4.74 Å². The van der Waals surface area contributed by atoms with Crippen LogP contribution in [0.25, 0.3) is 0 Å². The molecule has 0 saturated carbocycles. The van der Waals surface area contributed by atoms with Crippen molar-refractivity contribution in [1.82, 2.24) is 15.2 Å². The number of ether oxygens (including phenoxy) is 1. The summed E-state index contributed by atoms with van der Waals surface area (Å²) < 4.78 is 4.84. The predicted octanol–water partition coefficient (Wildman–Crippen LogP) is 0.559. The molecule has 2 amide bonds. The summed E-state index contributed by atoms with van der Waals surface area (Å²) in [6, 6.07) is 5.96. The third-order valence-corrected chi connectivity index (χ3v) is 2.51. The molecule has 2 aromatic rings. The first-order valence-corrected chi connectivity index (χ1v) is 6.35. The molecule has 2 rings (SSSR count). The topological polar surface area (TPSA) is 126 Å². The van der Waals surface area contributed by atoms with Crippen LogP contribution in [0.4, 0.5) is 11.6 Å². The molecule has 1 aromatic heterocycles. The van der Waals surface area contributed by atoms with Crippen LogP contribution < -0.4 is 10.6 Å². The van der Waals surface area contributed by atoms with Gasteiger partial charge in [-0.25, -0.2) is 9.89 Å². The molecule has 0 spiro atoms. The molecular formula is C13H13N5O4. The maximum atomic E-state index is 11.7. The molecule has 0 bridgehead atoms. The maximum Gasteiger partial charge on any atom is 0.338 e. The van der Waals surface area contributed by atoms with Crippen LogP contribution in [-0.4, -0.2) is 39.6 Å². The van der Waals surface area contributed by atoms with Gasteiger partial charge in [0.2, 0.25) is 5.95 Å². The average molecular weight is 303 g/mol. The van der Waals surface area contributed by atoms with Crippen LogP contribution in [0.3, 0.4) is 0 Å². The predicted molar refractivity (Wildman–Crippen MR) is 76.0 cm³/mol. The van der Waals surface area contributed by atoms with Crippen molar-refractivity contribution >= 4 is 29.4 Å². The highest BCUT2D eigenvalue weighted by Crippen LogP contribution is 2.10. The number of aromatic amines is 1. The number of hydrogen-bond donors (Lipinski definition) is 3. The Morgan fingerprint density at radius 1 is 1.14 bits per heavy atom. The zero-order valence-electron chi connectivity index (χ0n) is 11.6. The standard InChI is InChI=1S/C13H13N5O4/c1-2-22-12(21)8-3-5-9(6-4-8)16-10(19)11(20)17-13-14-7-15-18-13/h3-7H,2H2,1H3,(H,16,19)(H2,14,15,17,18,20). The summed E-state index contributed by atoms with van der Waals surface area (Å²) in [5.74, 6) is -2.16. The van der Waals surface area contributed by atoms with Gasteiger partial charge in [-0.15, -0.1) is 0 Å².